The smallest absolute Gasteiger partial charge is 0.287 e. The quantitative estimate of drug-likeness (QED) is 0.696. The Bertz CT molecular complexity index is 611. The number of carbonyl (C=O) groups is 1. The van der Waals surface area contributed by atoms with E-state index >= 15 is 0 Å². The Morgan fingerprint density at radius 3 is 2.50 bits per heavy atom. The van der Waals surface area contributed by atoms with Gasteiger partial charge in [-0.3, -0.25) is 4.79 Å². The van der Waals surface area contributed by atoms with Crippen molar-refractivity contribution in [1.82, 2.24) is 0 Å². The molecule has 4 nitrogen and oxygen atoms in total. The summed E-state index contributed by atoms with van der Waals surface area (Å²) in [4.78, 5) is 12.7. The van der Waals surface area contributed by atoms with Crippen LogP contribution in [0.1, 0.15) is 30.5 Å². The molecule has 0 heterocycles. The van der Waals surface area contributed by atoms with Crippen LogP contribution in [0.25, 0.3) is 0 Å². The van der Waals surface area contributed by atoms with Crippen molar-refractivity contribution in [2.75, 3.05) is 25.1 Å². The fourth-order valence-corrected chi connectivity index (χ4v) is 2.53. The highest BCUT2D eigenvalue weighted by Crippen LogP contribution is 2.13. The van der Waals surface area contributed by atoms with Crippen molar-refractivity contribution < 1.29 is 14.8 Å². The van der Waals surface area contributed by atoms with Crippen LogP contribution in [0.3, 0.4) is 0 Å². The number of nitrogens with one attached hydrogen (secondary N) is 1. The van der Waals surface area contributed by atoms with Crippen LogP contribution in [-0.4, -0.2) is 25.7 Å². The minimum Gasteiger partial charge on any atom is -0.382 e. The predicted octanol–water partition coefficient (Wildman–Crippen LogP) is 2.66. The Labute approximate surface area is 144 Å². The number of benzene rings is 2. The van der Waals surface area contributed by atoms with Crippen molar-refractivity contribution in [2.24, 2.45) is 0 Å². The molecule has 1 amide bonds. The van der Waals surface area contributed by atoms with E-state index in [1.165, 1.54) is 5.56 Å². The van der Waals surface area contributed by atoms with Crippen LogP contribution in [0.5, 0.6) is 0 Å². The maximum atomic E-state index is 12.7. The van der Waals surface area contributed by atoms with Crippen LogP contribution < -0.4 is 10.6 Å². The van der Waals surface area contributed by atoms with Crippen molar-refractivity contribution in [1.29, 1.82) is 0 Å². The summed E-state index contributed by atoms with van der Waals surface area (Å²) in [6.45, 7) is 6.33. The molecule has 4 heteroatoms. The molecule has 0 bridgehead atoms. The average Bonchev–Trinajstić information content (AvgIpc) is 2.61. The highest BCUT2D eigenvalue weighted by Gasteiger charge is 2.23. The van der Waals surface area contributed by atoms with E-state index in [-0.39, 0.29) is 11.9 Å². The second-order valence-electron chi connectivity index (χ2n) is 5.82. The van der Waals surface area contributed by atoms with Gasteiger partial charge >= 0.3 is 0 Å². The van der Waals surface area contributed by atoms with Gasteiger partial charge in [-0.2, -0.15) is 0 Å². The summed E-state index contributed by atoms with van der Waals surface area (Å²) >= 11 is 0. The average molecular weight is 327 g/mol. The third-order valence-corrected chi connectivity index (χ3v) is 3.86. The number of hydrogen-bond acceptors (Lipinski definition) is 2. The number of rotatable bonds is 9. The number of anilines is 1. The molecule has 0 aliphatic carbocycles. The lowest BCUT2D eigenvalue weighted by Gasteiger charge is -2.16. The number of hydrogen-bond donors (Lipinski definition) is 2. The molecule has 0 aliphatic heterocycles. The second kappa shape index (κ2) is 9.85. The summed E-state index contributed by atoms with van der Waals surface area (Å²) in [6.07, 6.45) is 0.926. The number of carbonyl (C=O) groups excluding carboxylic acids is 1. The molecule has 0 saturated heterocycles. The Morgan fingerprint density at radius 1 is 1.12 bits per heavy atom. The van der Waals surface area contributed by atoms with Crippen molar-refractivity contribution in [2.45, 2.75) is 26.3 Å². The number of aryl methyl sites for hydroxylation is 1. The molecule has 24 heavy (non-hydrogen) atoms. The number of ether oxygens (including phenoxy) is 1. The van der Waals surface area contributed by atoms with E-state index in [4.69, 9.17) is 4.74 Å². The SMILES string of the molecule is CCOCCC[NH2+][C@@H](C(=O)Nc1ccc(C)cc1)c1ccccc1. The topological polar surface area (TPSA) is 54.9 Å². The number of quaternary nitrogens is 1. The number of amides is 1. The van der Waals surface area contributed by atoms with Crippen LogP contribution in [0.2, 0.25) is 0 Å². The first-order valence-electron chi connectivity index (χ1n) is 8.54. The van der Waals surface area contributed by atoms with Crippen LogP contribution in [0.4, 0.5) is 5.69 Å². The third-order valence-electron chi connectivity index (χ3n) is 3.86. The molecular formula is C20H27N2O2+. The minimum absolute atomic E-state index is 0.00135. The standard InChI is InChI=1S/C20H26N2O2/c1-3-24-15-7-14-21-19(17-8-5-4-6-9-17)20(23)22-18-12-10-16(2)11-13-18/h4-6,8-13,19,21H,3,7,14-15H2,1-2H3,(H,22,23)/p+1/t19-/m1/s1. The maximum Gasteiger partial charge on any atom is 0.287 e. The molecule has 0 unspecified atom stereocenters. The van der Waals surface area contributed by atoms with E-state index in [0.717, 1.165) is 37.4 Å². The molecule has 1 atom stereocenters. The van der Waals surface area contributed by atoms with Gasteiger partial charge in [0, 0.05) is 24.3 Å². The first kappa shape index (κ1) is 18.2. The van der Waals surface area contributed by atoms with Gasteiger partial charge < -0.3 is 15.4 Å². The summed E-state index contributed by atoms with van der Waals surface area (Å²) in [6, 6.07) is 17.5. The zero-order valence-electron chi connectivity index (χ0n) is 14.5. The summed E-state index contributed by atoms with van der Waals surface area (Å²) in [5.74, 6) is 0.00135. The Hall–Kier alpha value is -2.17. The van der Waals surface area contributed by atoms with Crippen LogP contribution >= 0.6 is 0 Å². The fraction of sp³-hybridized carbons (Fsp3) is 0.350. The van der Waals surface area contributed by atoms with Gasteiger partial charge in [0.2, 0.25) is 0 Å². The molecule has 0 spiro atoms. The molecular weight excluding hydrogens is 300 g/mol. The monoisotopic (exact) mass is 327 g/mol. The zero-order chi connectivity index (χ0) is 17.2. The van der Waals surface area contributed by atoms with Gasteiger partial charge in [0.15, 0.2) is 6.04 Å². The lowest BCUT2D eigenvalue weighted by Crippen LogP contribution is -2.87. The molecule has 3 N–H and O–H groups in total. The normalized spacial score (nSPS) is 11.9. The van der Waals surface area contributed by atoms with Crippen molar-refractivity contribution >= 4 is 11.6 Å². The zero-order valence-corrected chi connectivity index (χ0v) is 14.5. The lowest BCUT2D eigenvalue weighted by molar-refractivity contribution is -0.682. The summed E-state index contributed by atoms with van der Waals surface area (Å²) < 4.78 is 5.37. The molecule has 2 rings (SSSR count). The van der Waals surface area contributed by atoms with E-state index in [9.17, 15) is 4.79 Å². The molecule has 0 aromatic heterocycles. The van der Waals surface area contributed by atoms with Gasteiger partial charge in [-0.25, -0.2) is 0 Å². The van der Waals surface area contributed by atoms with Gasteiger partial charge in [-0.15, -0.1) is 0 Å². The minimum atomic E-state index is -0.255. The highest BCUT2D eigenvalue weighted by atomic mass is 16.5. The van der Waals surface area contributed by atoms with Crippen LogP contribution in [0.15, 0.2) is 54.6 Å². The van der Waals surface area contributed by atoms with Gasteiger partial charge in [0.1, 0.15) is 0 Å². The number of nitrogens with two attached hydrogens (primary N) is 1. The molecule has 0 radical (unpaired) electrons. The van der Waals surface area contributed by atoms with E-state index in [2.05, 4.69) is 10.6 Å². The summed E-state index contributed by atoms with van der Waals surface area (Å²) in [7, 11) is 0. The second-order valence-corrected chi connectivity index (χ2v) is 5.82. The van der Waals surface area contributed by atoms with Gasteiger partial charge in [0.05, 0.1) is 13.2 Å². The first-order valence-corrected chi connectivity index (χ1v) is 8.54. The highest BCUT2D eigenvalue weighted by molar-refractivity contribution is 5.94. The van der Waals surface area contributed by atoms with Crippen molar-refractivity contribution in [3.8, 4) is 0 Å². The van der Waals surface area contributed by atoms with Crippen LogP contribution in [-0.2, 0) is 9.53 Å². The maximum absolute atomic E-state index is 12.7. The molecule has 0 fully saturated rings. The Morgan fingerprint density at radius 2 is 1.83 bits per heavy atom. The largest absolute Gasteiger partial charge is 0.382 e. The van der Waals surface area contributed by atoms with E-state index in [1.807, 2.05) is 68.4 Å². The summed E-state index contributed by atoms with van der Waals surface area (Å²) in [5, 5.41) is 5.10. The van der Waals surface area contributed by atoms with E-state index < -0.39 is 0 Å². The third kappa shape index (κ3) is 5.80. The van der Waals surface area contributed by atoms with Crippen molar-refractivity contribution in [3.05, 3.63) is 65.7 Å². The fourth-order valence-electron chi connectivity index (χ4n) is 2.53. The van der Waals surface area contributed by atoms with Gasteiger partial charge in [-0.1, -0.05) is 48.0 Å². The molecule has 2 aromatic carbocycles. The van der Waals surface area contributed by atoms with Crippen molar-refractivity contribution in [3.63, 3.8) is 0 Å². The summed E-state index contributed by atoms with van der Waals surface area (Å²) in [5.41, 5.74) is 3.02. The predicted molar refractivity (Wildman–Crippen MR) is 96.9 cm³/mol. The molecule has 128 valence electrons. The lowest BCUT2D eigenvalue weighted by atomic mass is 10.1. The van der Waals surface area contributed by atoms with E-state index in [1.54, 1.807) is 0 Å². The Kier molecular flexibility index (Phi) is 7.46. The first-order chi connectivity index (χ1) is 11.7. The van der Waals surface area contributed by atoms with E-state index in [0.29, 0.717) is 0 Å². The van der Waals surface area contributed by atoms with Crippen LogP contribution in [0, 0.1) is 6.92 Å². The molecule has 0 aliphatic rings. The van der Waals surface area contributed by atoms with Gasteiger partial charge in [-0.05, 0) is 26.0 Å². The molecule has 2 aromatic rings. The Balaban J connectivity index is 2.01. The molecule has 0 saturated carbocycles. The van der Waals surface area contributed by atoms with Gasteiger partial charge in [0.25, 0.3) is 5.91 Å².